The average molecular weight is 529 g/mol. The number of nitrogens with one attached hydrogen (secondary N) is 1. The van der Waals surface area contributed by atoms with Crippen molar-refractivity contribution in [2.45, 2.75) is 0 Å². The summed E-state index contributed by atoms with van der Waals surface area (Å²) in [4.78, 5) is 4.76. The van der Waals surface area contributed by atoms with Crippen LogP contribution in [-0.4, -0.2) is 94.4 Å². The molecule has 2 fully saturated rings. The Bertz CT molecular complexity index is 1200. The minimum Gasteiger partial charge on any atom is -0.492 e. The minimum atomic E-state index is 0.640. The van der Waals surface area contributed by atoms with Gasteiger partial charge in [0.05, 0.1) is 37.8 Å². The summed E-state index contributed by atoms with van der Waals surface area (Å²) in [7, 11) is 0. The molecule has 39 heavy (non-hydrogen) atoms. The van der Waals surface area contributed by atoms with Crippen LogP contribution in [0.4, 0.5) is 5.69 Å². The molecular weight excluding hydrogens is 492 g/mol. The monoisotopic (exact) mass is 528 g/mol. The Morgan fingerprint density at radius 2 is 1.15 bits per heavy atom. The molecule has 0 unspecified atom stereocenters. The van der Waals surface area contributed by atoms with E-state index in [1.165, 1.54) is 0 Å². The Hall–Kier alpha value is -3.43. The molecule has 3 aromatic carbocycles. The first-order valence-electron chi connectivity index (χ1n) is 13.9. The SMILES string of the molecule is c1ccc(NN=C2c3cc(OCCN4CCOCC4)ccc3-c3ccc(OCCN4CCOCC4)cc32)cc1. The zero-order valence-corrected chi connectivity index (χ0v) is 22.3. The fourth-order valence-electron chi connectivity index (χ4n) is 5.22. The fourth-order valence-corrected chi connectivity index (χ4v) is 5.22. The van der Waals surface area contributed by atoms with Crippen molar-refractivity contribution in [3.63, 3.8) is 0 Å². The lowest BCUT2D eigenvalue weighted by Gasteiger charge is -2.26. The van der Waals surface area contributed by atoms with E-state index < -0.39 is 0 Å². The highest BCUT2D eigenvalue weighted by atomic mass is 16.5. The predicted octanol–water partition coefficient (Wildman–Crippen LogP) is 3.95. The lowest BCUT2D eigenvalue weighted by atomic mass is 10.1. The standard InChI is InChI=1S/C31H36N4O4/c1-2-4-24(5-3-1)32-33-31-29-22-25(38-20-14-34-10-16-36-17-11-34)6-8-27(29)28-9-7-26(23-30(28)31)39-21-15-35-12-18-37-19-13-35/h1-9,22-23,32H,10-21H2. The van der Waals surface area contributed by atoms with Gasteiger partial charge in [-0.3, -0.25) is 15.2 Å². The quantitative estimate of drug-likeness (QED) is 0.313. The van der Waals surface area contributed by atoms with Crippen molar-refractivity contribution in [2.75, 3.05) is 84.3 Å². The Kier molecular flexibility index (Phi) is 8.35. The molecule has 2 heterocycles. The van der Waals surface area contributed by atoms with E-state index in [1.54, 1.807) is 0 Å². The molecule has 8 heteroatoms. The molecule has 1 aliphatic carbocycles. The molecule has 204 valence electrons. The van der Waals surface area contributed by atoms with Crippen LogP contribution < -0.4 is 14.9 Å². The van der Waals surface area contributed by atoms with Crippen LogP contribution in [0, 0.1) is 0 Å². The van der Waals surface area contributed by atoms with Crippen LogP contribution in [0.15, 0.2) is 71.8 Å². The number of para-hydroxylation sites is 1. The zero-order chi connectivity index (χ0) is 26.3. The average Bonchev–Trinajstić information content (AvgIpc) is 3.30. The van der Waals surface area contributed by atoms with E-state index in [0.29, 0.717) is 13.2 Å². The first kappa shape index (κ1) is 25.8. The number of morpholine rings is 2. The Labute approximate surface area is 230 Å². The number of fused-ring (bicyclic) bond motifs is 3. The second-order valence-corrected chi connectivity index (χ2v) is 9.96. The number of rotatable bonds is 10. The van der Waals surface area contributed by atoms with Gasteiger partial charge < -0.3 is 18.9 Å². The third-order valence-corrected chi connectivity index (χ3v) is 7.41. The maximum atomic E-state index is 6.18. The van der Waals surface area contributed by atoms with E-state index in [0.717, 1.165) is 111 Å². The predicted molar refractivity (Wildman–Crippen MR) is 153 cm³/mol. The molecule has 3 aromatic rings. The highest BCUT2D eigenvalue weighted by Crippen LogP contribution is 2.40. The summed E-state index contributed by atoms with van der Waals surface area (Å²) in [5.41, 5.74) is 9.50. The maximum absolute atomic E-state index is 6.18. The van der Waals surface area contributed by atoms with Crippen molar-refractivity contribution >= 4 is 11.4 Å². The molecule has 8 nitrogen and oxygen atoms in total. The van der Waals surface area contributed by atoms with Gasteiger partial charge in [-0.15, -0.1) is 0 Å². The van der Waals surface area contributed by atoms with E-state index in [9.17, 15) is 0 Å². The molecule has 0 bridgehead atoms. The summed E-state index contributed by atoms with van der Waals surface area (Å²) >= 11 is 0. The van der Waals surface area contributed by atoms with Crippen molar-refractivity contribution in [3.05, 3.63) is 77.9 Å². The minimum absolute atomic E-state index is 0.640. The second-order valence-electron chi connectivity index (χ2n) is 9.96. The molecule has 0 aromatic heterocycles. The van der Waals surface area contributed by atoms with Crippen molar-refractivity contribution < 1.29 is 18.9 Å². The van der Waals surface area contributed by atoms with Gasteiger partial charge in [-0.1, -0.05) is 18.2 Å². The Balaban J connectivity index is 1.20. The van der Waals surface area contributed by atoms with Crippen molar-refractivity contribution in [1.82, 2.24) is 9.80 Å². The molecule has 0 saturated carbocycles. The van der Waals surface area contributed by atoms with Gasteiger partial charge in [0, 0.05) is 50.4 Å². The zero-order valence-electron chi connectivity index (χ0n) is 22.3. The highest BCUT2D eigenvalue weighted by Gasteiger charge is 2.27. The third-order valence-electron chi connectivity index (χ3n) is 7.41. The third kappa shape index (κ3) is 6.42. The number of nitrogens with zero attached hydrogens (tertiary/aromatic N) is 3. The van der Waals surface area contributed by atoms with E-state index in [-0.39, 0.29) is 0 Å². The maximum Gasteiger partial charge on any atom is 0.120 e. The van der Waals surface area contributed by atoms with Crippen molar-refractivity contribution in [1.29, 1.82) is 0 Å². The van der Waals surface area contributed by atoms with Crippen LogP contribution in [-0.2, 0) is 9.47 Å². The Morgan fingerprint density at radius 3 is 1.67 bits per heavy atom. The van der Waals surface area contributed by atoms with E-state index in [2.05, 4.69) is 51.6 Å². The van der Waals surface area contributed by atoms with Crippen LogP contribution >= 0.6 is 0 Å². The van der Waals surface area contributed by atoms with Gasteiger partial charge in [-0.2, -0.15) is 5.10 Å². The molecule has 2 saturated heterocycles. The second kappa shape index (κ2) is 12.6. The van der Waals surface area contributed by atoms with Crippen LogP contribution in [0.2, 0.25) is 0 Å². The van der Waals surface area contributed by atoms with E-state index in [1.807, 2.05) is 30.3 Å². The molecule has 2 aliphatic heterocycles. The summed E-state index contributed by atoms with van der Waals surface area (Å²) in [5, 5.41) is 4.88. The summed E-state index contributed by atoms with van der Waals surface area (Å²) in [6.45, 7) is 10.1. The molecule has 1 N–H and O–H groups in total. The summed E-state index contributed by atoms with van der Waals surface area (Å²) in [6.07, 6.45) is 0. The number of anilines is 1. The van der Waals surface area contributed by atoms with Gasteiger partial charge in [0.2, 0.25) is 0 Å². The van der Waals surface area contributed by atoms with Gasteiger partial charge in [-0.05, 0) is 59.7 Å². The first-order valence-corrected chi connectivity index (χ1v) is 13.9. The number of hydrogen-bond donors (Lipinski definition) is 1. The van der Waals surface area contributed by atoms with Gasteiger partial charge >= 0.3 is 0 Å². The van der Waals surface area contributed by atoms with E-state index in [4.69, 9.17) is 24.0 Å². The van der Waals surface area contributed by atoms with Crippen molar-refractivity contribution in [3.8, 4) is 22.6 Å². The molecule has 0 radical (unpaired) electrons. The number of ether oxygens (including phenoxy) is 4. The molecular formula is C31H36N4O4. The highest BCUT2D eigenvalue weighted by molar-refractivity contribution is 6.25. The largest absolute Gasteiger partial charge is 0.492 e. The van der Waals surface area contributed by atoms with Crippen LogP contribution in [0.5, 0.6) is 11.5 Å². The molecule has 3 aliphatic rings. The lowest BCUT2D eigenvalue weighted by Crippen LogP contribution is -2.38. The topological polar surface area (TPSA) is 67.8 Å². The number of benzene rings is 3. The van der Waals surface area contributed by atoms with Crippen LogP contribution in [0.3, 0.4) is 0 Å². The normalized spacial score (nSPS) is 17.4. The number of hydrogen-bond acceptors (Lipinski definition) is 8. The van der Waals surface area contributed by atoms with Gasteiger partial charge in [0.15, 0.2) is 0 Å². The van der Waals surface area contributed by atoms with Gasteiger partial charge in [0.1, 0.15) is 24.7 Å². The number of hydrazone groups is 1. The lowest BCUT2D eigenvalue weighted by molar-refractivity contribution is 0.0321. The Morgan fingerprint density at radius 1 is 0.641 bits per heavy atom. The van der Waals surface area contributed by atoms with Crippen molar-refractivity contribution in [2.24, 2.45) is 5.10 Å². The molecule has 0 atom stereocenters. The summed E-state index contributed by atoms with van der Waals surface area (Å²) in [5.74, 6) is 1.70. The molecule has 6 rings (SSSR count). The molecule has 0 amide bonds. The van der Waals surface area contributed by atoms with Gasteiger partial charge in [0.25, 0.3) is 0 Å². The summed E-state index contributed by atoms with van der Waals surface area (Å²) < 4.78 is 23.3. The first-order chi connectivity index (χ1) is 19.3. The van der Waals surface area contributed by atoms with E-state index >= 15 is 0 Å². The fraction of sp³-hybridized carbons (Fsp3) is 0.387. The summed E-state index contributed by atoms with van der Waals surface area (Å²) in [6, 6.07) is 22.6. The smallest absolute Gasteiger partial charge is 0.120 e. The van der Waals surface area contributed by atoms with Gasteiger partial charge in [-0.25, -0.2) is 0 Å². The van der Waals surface area contributed by atoms with Crippen LogP contribution in [0.1, 0.15) is 11.1 Å². The van der Waals surface area contributed by atoms with Crippen LogP contribution in [0.25, 0.3) is 11.1 Å². The molecule has 0 spiro atoms.